The van der Waals surface area contributed by atoms with E-state index in [-0.39, 0.29) is 6.03 Å². The van der Waals surface area contributed by atoms with Crippen LogP contribution in [0.4, 0.5) is 39.3 Å². The number of hydrogen-bond donors (Lipinski definition) is 4. The number of carbonyl (C=O) groups excluding carboxylic acids is 1. The standard InChI is InChI=1S/C25H25N7O/c1-16-11-12-26-22(13-16)32-24-14-23(27-15-28-24)29-19-7-9-20(10-8-19)30-25(33)31-21-6-4-5-17(2)18(21)3/h4-15H,1-3H3,(H2,30,31,33)(H2,26,27,28,29,32). The van der Waals surface area contributed by atoms with E-state index < -0.39 is 0 Å². The van der Waals surface area contributed by atoms with Crippen molar-refractivity contribution in [3.63, 3.8) is 0 Å². The second-order valence-corrected chi connectivity index (χ2v) is 7.66. The van der Waals surface area contributed by atoms with Crippen molar-refractivity contribution >= 4 is 40.5 Å². The van der Waals surface area contributed by atoms with E-state index >= 15 is 0 Å². The molecule has 0 radical (unpaired) electrons. The molecule has 166 valence electrons. The maximum atomic E-state index is 12.4. The van der Waals surface area contributed by atoms with Crippen LogP contribution in [0.2, 0.25) is 0 Å². The molecule has 0 atom stereocenters. The monoisotopic (exact) mass is 439 g/mol. The van der Waals surface area contributed by atoms with Crippen LogP contribution >= 0.6 is 0 Å². The van der Waals surface area contributed by atoms with E-state index in [1.165, 1.54) is 6.33 Å². The van der Waals surface area contributed by atoms with Crippen molar-refractivity contribution in [3.8, 4) is 0 Å². The Balaban J connectivity index is 1.36. The topological polar surface area (TPSA) is 104 Å². The van der Waals surface area contributed by atoms with Gasteiger partial charge in [-0.05, 0) is 79.9 Å². The maximum absolute atomic E-state index is 12.4. The van der Waals surface area contributed by atoms with Crippen molar-refractivity contribution in [2.24, 2.45) is 0 Å². The van der Waals surface area contributed by atoms with Crippen molar-refractivity contribution in [3.05, 3.63) is 89.9 Å². The number of nitrogens with zero attached hydrogens (tertiary/aromatic N) is 3. The van der Waals surface area contributed by atoms with Crippen molar-refractivity contribution < 1.29 is 4.79 Å². The third kappa shape index (κ3) is 5.82. The summed E-state index contributed by atoms with van der Waals surface area (Å²) in [6.45, 7) is 6.00. The Bertz CT molecular complexity index is 1270. The van der Waals surface area contributed by atoms with Gasteiger partial charge in [0.05, 0.1) is 0 Å². The highest BCUT2D eigenvalue weighted by Crippen LogP contribution is 2.21. The first-order chi connectivity index (χ1) is 16.0. The Morgan fingerprint density at radius 1 is 0.727 bits per heavy atom. The molecule has 33 heavy (non-hydrogen) atoms. The Labute approximate surface area is 192 Å². The van der Waals surface area contributed by atoms with Crippen LogP contribution in [0.1, 0.15) is 16.7 Å². The summed E-state index contributed by atoms with van der Waals surface area (Å²) in [5.41, 5.74) is 5.58. The summed E-state index contributed by atoms with van der Waals surface area (Å²) in [7, 11) is 0. The minimum Gasteiger partial charge on any atom is -0.340 e. The fourth-order valence-electron chi connectivity index (χ4n) is 3.19. The van der Waals surface area contributed by atoms with Crippen molar-refractivity contribution in [2.75, 3.05) is 21.3 Å². The number of nitrogens with one attached hydrogen (secondary N) is 4. The molecule has 2 aromatic heterocycles. The lowest BCUT2D eigenvalue weighted by atomic mass is 10.1. The molecule has 8 heteroatoms. The van der Waals surface area contributed by atoms with E-state index in [1.54, 1.807) is 12.3 Å². The Hall–Kier alpha value is -4.46. The molecule has 0 spiro atoms. The minimum absolute atomic E-state index is 0.291. The van der Waals surface area contributed by atoms with Gasteiger partial charge in [-0.15, -0.1) is 0 Å². The zero-order chi connectivity index (χ0) is 23.2. The fraction of sp³-hybridized carbons (Fsp3) is 0.120. The van der Waals surface area contributed by atoms with E-state index in [2.05, 4.69) is 36.2 Å². The molecular weight excluding hydrogens is 414 g/mol. The van der Waals surface area contributed by atoms with Gasteiger partial charge in [0, 0.05) is 29.3 Å². The largest absolute Gasteiger partial charge is 0.340 e. The second kappa shape index (κ2) is 9.78. The van der Waals surface area contributed by atoms with E-state index in [0.717, 1.165) is 28.1 Å². The van der Waals surface area contributed by atoms with E-state index in [9.17, 15) is 4.79 Å². The van der Waals surface area contributed by atoms with Crippen LogP contribution in [-0.4, -0.2) is 21.0 Å². The Morgan fingerprint density at radius 2 is 1.42 bits per heavy atom. The zero-order valence-corrected chi connectivity index (χ0v) is 18.7. The molecular formula is C25H25N7O. The van der Waals surface area contributed by atoms with Gasteiger partial charge in [0.2, 0.25) is 0 Å². The van der Waals surface area contributed by atoms with Crippen LogP contribution in [0.3, 0.4) is 0 Å². The summed E-state index contributed by atoms with van der Waals surface area (Å²) in [4.78, 5) is 25.2. The number of benzene rings is 2. The lowest BCUT2D eigenvalue weighted by Crippen LogP contribution is -2.20. The molecule has 4 rings (SSSR count). The Morgan fingerprint density at radius 3 is 2.18 bits per heavy atom. The van der Waals surface area contributed by atoms with Gasteiger partial charge in [-0.25, -0.2) is 19.7 Å². The highest BCUT2D eigenvalue weighted by atomic mass is 16.2. The van der Waals surface area contributed by atoms with E-state index in [1.807, 2.05) is 75.4 Å². The molecule has 2 amide bonds. The van der Waals surface area contributed by atoms with Gasteiger partial charge >= 0.3 is 6.03 Å². The average Bonchev–Trinajstić information content (AvgIpc) is 2.79. The van der Waals surface area contributed by atoms with Crippen LogP contribution in [-0.2, 0) is 0 Å². The number of anilines is 6. The van der Waals surface area contributed by atoms with E-state index in [4.69, 9.17) is 0 Å². The van der Waals surface area contributed by atoms with Gasteiger partial charge in [-0.2, -0.15) is 0 Å². The van der Waals surface area contributed by atoms with Crippen LogP contribution in [0.5, 0.6) is 0 Å². The van der Waals surface area contributed by atoms with E-state index in [0.29, 0.717) is 23.1 Å². The minimum atomic E-state index is -0.291. The predicted octanol–water partition coefficient (Wildman–Crippen LogP) is 5.93. The molecule has 0 bridgehead atoms. The molecule has 4 aromatic rings. The first-order valence-electron chi connectivity index (χ1n) is 10.5. The number of amides is 2. The second-order valence-electron chi connectivity index (χ2n) is 7.66. The highest BCUT2D eigenvalue weighted by molar-refractivity contribution is 6.00. The summed E-state index contributed by atoms with van der Waals surface area (Å²) >= 11 is 0. The summed E-state index contributed by atoms with van der Waals surface area (Å²) in [5.74, 6) is 1.98. The number of aryl methyl sites for hydroxylation is 2. The van der Waals surface area contributed by atoms with Gasteiger partial charge < -0.3 is 21.3 Å². The van der Waals surface area contributed by atoms with Crippen LogP contribution in [0.15, 0.2) is 73.2 Å². The van der Waals surface area contributed by atoms with Crippen LogP contribution in [0.25, 0.3) is 0 Å². The quantitative estimate of drug-likeness (QED) is 0.297. The van der Waals surface area contributed by atoms with Crippen LogP contribution in [0, 0.1) is 20.8 Å². The molecule has 0 aliphatic rings. The third-order valence-electron chi connectivity index (χ3n) is 5.11. The van der Waals surface area contributed by atoms with Crippen molar-refractivity contribution in [2.45, 2.75) is 20.8 Å². The summed E-state index contributed by atoms with van der Waals surface area (Å²) in [6.07, 6.45) is 3.23. The first kappa shape index (κ1) is 21.8. The number of hydrogen-bond acceptors (Lipinski definition) is 6. The number of carbonyl (C=O) groups is 1. The maximum Gasteiger partial charge on any atom is 0.323 e. The molecule has 4 N–H and O–H groups in total. The zero-order valence-electron chi connectivity index (χ0n) is 18.7. The van der Waals surface area contributed by atoms with Gasteiger partial charge in [-0.1, -0.05) is 12.1 Å². The molecule has 0 saturated heterocycles. The molecule has 0 unspecified atom stereocenters. The van der Waals surface area contributed by atoms with Crippen molar-refractivity contribution in [1.29, 1.82) is 0 Å². The SMILES string of the molecule is Cc1ccnc(Nc2cc(Nc3ccc(NC(=O)Nc4cccc(C)c4C)cc3)ncn2)c1. The molecule has 0 fully saturated rings. The summed E-state index contributed by atoms with van der Waals surface area (Å²) in [6, 6.07) is 18.6. The van der Waals surface area contributed by atoms with Gasteiger partial charge in [0.1, 0.15) is 23.8 Å². The summed E-state index contributed by atoms with van der Waals surface area (Å²) < 4.78 is 0. The van der Waals surface area contributed by atoms with Gasteiger partial charge in [-0.3, -0.25) is 0 Å². The molecule has 0 saturated carbocycles. The lowest BCUT2D eigenvalue weighted by molar-refractivity contribution is 0.262. The molecule has 8 nitrogen and oxygen atoms in total. The molecule has 0 aliphatic heterocycles. The summed E-state index contributed by atoms with van der Waals surface area (Å²) in [5, 5.41) is 12.1. The number of pyridine rings is 1. The van der Waals surface area contributed by atoms with Gasteiger partial charge in [0.25, 0.3) is 0 Å². The molecule has 2 heterocycles. The number of urea groups is 1. The van der Waals surface area contributed by atoms with Gasteiger partial charge in [0.15, 0.2) is 0 Å². The third-order valence-corrected chi connectivity index (χ3v) is 5.11. The predicted molar refractivity (Wildman–Crippen MR) is 133 cm³/mol. The molecule has 0 aliphatic carbocycles. The fourth-order valence-corrected chi connectivity index (χ4v) is 3.19. The first-order valence-corrected chi connectivity index (χ1v) is 10.5. The number of rotatable bonds is 6. The van der Waals surface area contributed by atoms with Crippen LogP contribution < -0.4 is 21.3 Å². The normalized spacial score (nSPS) is 10.4. The van der Waals surface area contributed by atoms with Crippen molar-refractivity contribution in [1.82, 2.24) is 15.0 Å². The average molecular weight is 440 g/mol. The Kier molecular flexibility index (Phi) is 6.45. The molecule has 2 aromatic carbocycles. The number of aromatic nitrogens is 3. The smallest absolute Gasteiger partial charge is 0.323 e. The highest BCUT2D eigenvalue weighted by Gasteiger charge is 2.07. The lowest BCUT2D eigenvalue weighted by Gasteiger charge is -2.12.